The first-order chi connectivity index (χ1) is 9.32. The van der Waals surface area contributed by atoms with E-state index in [2.05, 4.69) is 5.32 Å². The molecule has 1 aromatic carbocycles. The summed E-state index contributed by atoms with van der Waals surface area (Å²) in [6.07, 6.45) is 0.597. The number of aliphatic carboxylic acids is 1. The molecule has 1 rings (SSSR count). The predicted molar refractivity (Wildman–Crippen MR) is 78.7 cm³/mol. The van der Waals surface area contributed by atoms with Crippen LogP contribution in [0, 0.1) is 17.7 Å². The highest BCUT2D eigenvalue weighted by Gasteiger charge is 2.18. The molecule has 0 saturated carbocycles. The van der Waals surface area contributed by atoms with Crippen LogP contribution in [0.3, 0.4) is 0 Å². The topological polar surface area (TPSA) is 49.3 Å². The summed E-state index contributed by atoms with van der Waals surface area (Å²) in [6, 6.07) is 2.78. The highest BCUT2D eigenvalue weighted by molar-refractivity contribution is 6.42. The highest BCUT2D eigenvalue weighted by Crippen LogP contribution is 2.28. The third-order valence-corrected chi connectivity index (χ3v) is 3.82. The van der Waals surface area contributed by atoms with E-state index < -0.39 is 17.7 Å². The lowest BCUT2D eigenvalue weighted by atomic mass is 9.97. The van der Waals surface area contributed by atoms with Gasteiger partial charge in [-0.15, -0.1) is 0 Å². The third kappa shape index (κ3) is 4.93. The minimum absolute atomic E-state index is 0.108. The van der Waals surface area contributed by atoms with E-state index in [-0.39, 0.29) is 10.0 Å². The Labute approximate surface area is 128 Å². The molecule has 0 bridgehead atoms. The second kappa shape index (κ2) is 7.81. The Kier molecular flexibility index (Phi) is 6.72. The Morgan fingerprint density at radius 1 is 1.35 bits per heavy atom. The maximum atomic E-state index is 13.1. The van der Waals surface area contributed by atoms with Crippen LogP contribution in [0.4, 0.5) is 4.39 Å². The van der Waals surface area contributed by atoms with Gasteiger partial charge in [0.15, 0.2) is 0 Å². The van der Waals surface area contributed by atoms with Gasteiger partial charge in [-0.1, -0.05) is 43.1 Å². The first-order valence-corrected chi connectivity index (χ1v) is 7.14. The van der Waals surface area contributed by atoms with Crippen LogP contribution in [0.2, 0.25) is 10.0 Å². The number of halogens is 3. The van der Waals surface area contributed by atoms with Crippen LogP contribution in [0.5, 0.6) is 0 Å². The lowest BCUT2D eigenvalue weighted by molar-refractivity contribution is -0.142. The van der Waals surface area contributed by atoms with E-state index in [1.54, 1.807) is 0 Å². The molecule has 1 atom stereocenters. The number of hydrogen-bond acceptors (Lipinski definition) is 2. The van der Waals surface area contributed by atoms with Crippen molar-refractivity contribution >= 4 is 29.2 Å². The van der Waals surface area contributed by atoms with Crippen molar-refractivity contribution in [3.05, 3.63) is 33.6 Å². The maximum Gasteiger partial charge on any atom is 0.307 e. The van der Waals surface area contributed by atoms with E-state index in [9.17, 15) is 9.18 Å². The Hall–Kier alpha value is -0.840. The van der Waals surface area contributed by atoms with Crippen molar-refractivity contribution in [1.82, 2.24) is 5.32 Å². The van der Waals surface area contributed by atoms with Crippen molar-refractivity contribution in [3.63, 3.8) is 0 Å². The molecular formula is C14H18Cl2FNO2. The quantitative estimate of drug-likeness (QED) is 0.747. The molecule has 0 aromatic heterocycles. The van der Waals surface area contributed by atoms with Gasteiger partial charge in [0, 0.05) is 13.1 Å². The van der Waals surface area contributed by atoms with Gasteiger partial charge in [-0.2, -0.15) is 0 Å². The second-order valence-corrected chi connectivity index (χ2v) is 5.89. The van der Waals surface area contributed by atoms with Gasteiger partial charge >= 0.3 is 5.97 Å². The smallest absolute Gasteiger partial charge is 0.307 e. The summed E-state index contributed by atoms with van der Waals surface area (Å²) in [7, 11) is 0. The molecule has 0 aliphatic carbocycles. The SMILES string of the molecule is CC(C)CC(CNCc1ccc(F)c(Cl)c1Cl)C(=O)O. The maximum absolute atomic E-state index is 13.1. The molecule has 1 unspecified atom stereocenters. The Balaban J connectivity index is 2.59. The summed E-state index contributed by atoms with van der Waals surface area (Å²) in [5.41, 5.74) is 0.645. The Morgan fingerprint density at radius 3 is 2.55 bits per heavy atom. The zero-order valence-corrected chi connectivity index (χ0v) is 12.9. The first kappa shape index (κ1) is 17.2. The summed E-state index contributed by atoms with van der Waals surface area (Å²) in [5, 5.41) is 12.2. The molecule has 112 valence electrons. The van der Waals surface area contributed by atoms with Gasteiger partial charge in [0.1, 0.15) is 5.82 Å². The molecule has 0 spiro atoms. The number of rotatable bonds is 7. The van der Waals surface area contributed by atoms with E-state index in [1.807, 2.05) is 13.8 Å². The summed E-state index contributed by atoms with van der Waals surface area (Å²) in [4.78, 5) is 11.1. The summed E-state index contributed by atoms with van der Waals surface area (Å²) >= 11 is 11.6. The first-order valence-electron chi connectivity index (χ1n) is 6.38. The summed E-state index contributed by atoms with van der Waals surface area (Å²) in [6.45, 7) is 4.64. The van der Waals surface area contributed by atoms with Crippen molar-refractivity contribution in [1.29, 1.82) is 0 Å². The molecule has 20 heavy (non-hydrogen) atoms. The van der Waals surface area contributed by atoms with Crippen LogP contribution in [0.1, 0.15) is 25.8 Å². The van der Waals surface area contributed by atoms with Crippen LogP contribution >= 0.6 is 23.2 Å². The van der Waals surface area contributed by atoms with Gasteiger partial charge in [-0.25, -0.2) is 4.39 Å². The minimum atomic E-state index is -0.825. The standard InChI is InChI=1S/C14H18Cl2FNO2/c1-8(2)5-10(14(19)20)7-18-6-9-3-4-11(17)13(16)12(9)15/h3-4,8,10,18H,5-7H2,1-2H3,(H,19,20). The van der Waals surface area contributed by atoms with Crippen molar-refractivity contribution in [2.24, 2.45) is 11.8 Å². The van der Waals surface area contributed by atoms with Crippen molar-refractivity contribution in [3.8, 4) is 0 Å². The number of carboxylic acids is 1. The van der Waals surface area contributed by atoms with E-state index in [0.717, 1.165) is 0 Å². The molecule has 0 heterocycles. The Bertz CT molecular complexity index is 480. The fourth-order valence-electron chi connectivity index (χ4n) is 1.92. The van der Waals surface area contributed by atoms with Gasteiger partial charge in [0.25, 0.3) is 0 Å². The molecule has 6 heteroatoms. The van der Waals surface area contributed by atoms with Gasteiger partial charge in [-0.3, -0.25) is 4.79 Å². The van der Waals surface area contributed by atoms with Gasteiger partial charge in [0.2, 0.25) is 0 Å². The van der Waals surface area contributed by atoms with Crippen LogP contribution in [0.25, 0.3) is 0 Å². The molecule has 1 aromatic rings. The van der Waals surface area contributed by atoms with E-state index >= 15 is 0 Å². The molecule has 2 N–H and O–H groups in total. The molecule has 0 radical (unpaired) electrons. The van der Waals surface area contributed by atoms with E-state index in [0.29, 0.717) is 31.0 Å². The molecule has 3 nitrogen and oxygen atoms in total. The normalized spacial score (nSPS) is 12.7. The van der Waals surface area contributed by atoms with Gasteiger partial charge < -0.3 is 10.4 Å². The number of nitrogens with one attached hydrogen (secondary N) is 1. The zero-order valence-electron chi connectivity index (χ0n) is 11.4. The average molecular weight is 322 g/mol. The lowest BCUT2D eigenvalue weighted by Gasteiger charge is -2.16. The van der Waals surface area contributed by atoms with E-state index in [4.69, 9.17) is 28.3 Å². The molecular weight excluding hydrogens is 304 g/mol. The third-order valence-electron chi connectivity index (χ3n) is 2.93. The van der Waals surface area contributed by atoms with Crippen LogP contribution < -0.4 is 5.32 Å². The summed E-state index contributed by atoms with van der Waals surface area (Å²) in [5.74, 6) is -1.54. The number of carbonyl (C=O) groups is 1. The van der Waals surface area contributed by atoms with Gasteiger partial charge in [-0.05, 0) is 24.0 Å². The second-order valence-electron chi connectivity index (χ2n) is 5.13. The number of benzene rings is 1. The average Bonchev–Trinajstić information content (AvgIpc) is 2.37. The minimum Gasteiger partial charge on any atom is -0.481 e. The number of hydrogen-bond donors (Lipinski definition) is 2. The molecule has 0 saturated heterocycles. The number of carboxylic acid groups (broad SMARTS) is 1. The summed E-state index contributed by atoms with van der Waals surface area (Å²) < 4.78 is 13.1. The van der Waals surface area contributed by atoms with Crippen LogP contribution in [0.15, 0.2) is 12.1 Å². The highest BCUT2D eigenvalue weighted by atomic mass is 35.5. The monoisotopic (exact) mass is 321 g/mol. The fraction of sp³-hybridized carbons (Fsp3) is 0.500. The van der Waals surface area contributed by atoms with Crippen LogP contribution in [-0.4, -0.2) is 17.6 Å². The molecule has 0 aliphatic rings. The van der Waals surface area contributed by atoms with Crippen molar-refractivity contribution in [2.75, 3.05) is 6.54 Å². The molecule has 0 fully saturated rings. The van der Waals surface area contributed by atoms with Crippen molar-refractivity contribution in [2.45, 2.75) is 26.8 Å². The largest absolute Gasteiger partial charge is 0.481 e. The van der Waals surface area contributed by atoms with Crippen LogP contribution in [-0.2, 0) is 11.3 Å². The van der Waals surface area contributed by atoms with Gasteiger partial charge in [0.05, 0.1) is 16.0 Å². The van der Waals surface area contributed by atoms with Crippen molar-refractivity contribution < 1.29 is 14.3 Å². The predicted octanol–water partition coefficient (Wildman–Crippen LogP) is 3.97. The lowest BCUT2D eigenvalue weighted by Crippen LogP contribution is -2.29. The fourth-order valence-corrected chi connectivity index (χ4v) is 2.33. The molecule has 0 amide bonds. The molecule has 0 aliphatic heterocycles. The Morgan fingerprint density at radius 2 is 2.00 bits per heavy atom. The van der Waals surface area contributed by atoms with E-state index in [1.165, 1.54) is 12.1 Å². The zero-order chi connectivity index (χ0) is 15.3.